The van der Waals surface area contributed by atoms with Crippen LogP contribution in [0.3, 0.4) is 0 Å². The second kappa shape index (κ2) is 4.98. The minimum absolute atomic E-state index is 0.0816. The summed E-state index contributed by atoms with van der Waals surface area (Å²) in [5.41, 5.74) is -1.11. The van der Waals surface area contributed by atoms with E-state index in [1.54, 1.807) is 6.08 Å². The molecule has 2 aliphatic rings. The van der Waals surface area contributed by atoms with E-state index in [4.69, 9.17) is 4.74 Å². The van der Waals surface area contributed by atoms with Crippen molar-refractivity contribution < 1.29 is 29.3 Å². The summed E-state index contributed by atoms with van der Waals surface area (Å²) < 4.78 is 5.75. The summed E-state index contributed by atoms with van der Waals surface area (Å²) in [5.74, 6) is -2.55. The molecule has 114 valence electrons. The Morgan fingerprint density at radius 1 is 1.41 bits per heavy atom. The van der Waals surface area contributed by atoms with Gasteiger partial charge in [0.15, 0.2) is 5.60 Å². The monoisotopic (exact) mass is 302 g/mol. The Bertz CT molecular complexity index is 705. The fraction of sp³-hybridized carbons (Fsp3) is 0.312. The van der Waals surface area contributed by atoms with Gasteiger partial charge in [-0.15, -0.1) is 0 Å². The van der Waals surface area contributed by atoms with Gasteiger partial charge in [-0.1, -0.05) is 6.08 Å². The standard InChI is InChI=1S/C16H14O6/c17-8-9-2-1-3-12(15(20)21)16(7-9)14(19)11-6-10(18)4-5-13(11)22-16/h2,4-6,8,12,18H,1,3,7H2,(H,20,21). The fourth-order valence-corrected chi connectivity index (χ4v) is 3.18. The van der Waals surface area contributed by atoms with Crippen molar-refractivity contribution >= 4 is 18.0 Å². The van der Waals surface area contributed by atoms with E-state index in [9.17, 15) is 24.6 Å². The number of carbonyl (C=O) groups is 3. The van der Waals surface area contributed by atoms with E-state index in [0.29, 0.717) is 18.3 Å². The van der Waals surface area contributed by atoms with Gasteiger partial charge in [-0.2, -0.15) is 0 Å². The van der Waals surface area contributed by atoms with Crippen LogP contribution in [0, 0.1) is 5.92 Å². The molecule has 1 aromatic rings. The van der Waals surface area contributed by atoms with Crippen molar-refractivity contribution in [1.29, 1.82) is 0 Å². The highest BCUT2D eigenvalue weighted by atomic mass is 16.5. The second-order valence-corrected chi connectivity index (χ2v) is 5.54. The highest BCUT2D eigenvalue weighted by Gasteiger charge is 2.57. The van der Waals surface area contributed by atoms with E-state index in [0.717, 1.165) is 0 Å². The minimum Gasteiger partial charge on any atom is -0.508 e. The molecule has 0 saturated heterocycles. The number of phenolic OH excluding ortho intramolecular Hbond substituents is 1. The highest BCUT2D eigenvalue weighted by molar-refractivity contribution is 6.10. The Labute approximate surface area is 126 Å². The lowest BCUT2D eigenvalue weighted by Crippen LogP contribution is -2.50. The molecule has 1 spiro atoms. The number of fused-ring (bicyclic) bond motifs is 1. The molecule has 0 fully saturated rings. The average molecular weight is 302 g/mol. The molecule has 0 bridgehead atoms. The number of aromatic hydroxyl groups is 1. The Morgan fingerprint density at radius 3 is 2.86 bits per heavy atom. The molecular weight excluding hydrogens is 288 g/mol. The van der Waals surface area contributed by atoms with Gasteiger partial charge in [-0.25, -0.2) is 0 Å². The zero-order valence-corrected chi connectivity index (χ0v) is 11.6. The number of aldehydes is 1. The molecular formula is C16H14O6. The van der Waals surface area contributed by atoms with Crippen molar-refractivity contribution in [2.24, 2.45) is 5.92 Å². The van der Waals surface area contributed by atoms with Crippen LogP contribution in [-0.4, -0.2) is 33.9 Å². The smallest absolute Gasteiger partial charge is 0.311 e. The van der Waals surface area contributed by atoms with Crippen molar-refractivity contribution in [2.45, 2.75) is 24.9 Å². The number of benzene rings is 1. The number of aliphatic carboxylic acids is 1. The molecule has 22 heavy (non-hydrogen) atoms. The highest BCUT2D eigenvalue weighted by Crippen LogP contribution is 2.46. The first-order valence-electron chi connectivity index (χ1n) is 6.92. The maximum absolute atomic E-state index is 12.8. The van der Waals surface area contributed by atoms with Gasteiger partial charge in [0.2, 0.25) is 5.78 Å². The summed E-state index contributed by atoms with van der Waals surface area (Å²) in [4.78, 5) is 35.6. The van der Waals surface area contributed by atoms with Crippen LogP contribution in [0.4, 0.5) is 0 Å². The quantitative estimate of drug-likeness (QED) is 0.807. The van der Waals surface area contributed by atoms with Crippen LogP contribution in [0.25, 0.3) is 0 Å². The Hall–Kier alpha value is -2.63. The summed E-state index contributed by atoms with van der Waals surface area (Å²) in [6.45, 7) is 0. The third-order valence-corrected chi connectivity index (χ3v) is 4.23. The topological polar surface area (TPSA) is 101 Å². The van der Waals surface area contributed by atoms with E-state index >= 15 is 0 Å². The molecule has 6 nitrogen and oxygen atoms in total. The Kier molecular flexibility index (Phi) is 3.24. The van der Waals surface area contributed by atoms with Crippen molar-refractivity contribution in [3.8, 4) is 11.5 Å². The average Bonchev–Trinajstić information content (AvgIpc) is 2.65. The van der Waals surface area contributed by atoms with Gasteiger partial charge in [0.05, 0.1) is 5.56 Å². The first-order valence-corrected chi connectivity index (χ1v) is 6.92. The molecule has 3 rings (SSSR count). The number of hydrogen-bond donors (Lipinski definition) is 2. The van der Waals surface area contributed by atoms with Crippen LogP contribution in [-0.2, 0) is 9.59 Å². The molecule has 1 aromatic carbocycles. The number of ether oxygens (including phenoxy) is 1. The largest absolute Gasteiger partial charge is 0.508 e. The van der Waals surface area contributed by atoms with Gasteiger partial charge in [0.25, 0.3) is 0 Å². The lowest BCUT2D eigenvalue weighted by atomic mass is 9.78. The fourth-order valence-electron chi connectivity index (χ4n) is 3.18. The van der Waals surface area contributed by atoms with Gasteiger partial charge in [0.1, 0.15) is 23.7 Å². The maximum Gasteiger partial charge on any atom is 0.311 e. The number of carboxylic acids is 1. The summed E-state index contributed by atoms with van der Waals surface area (Å²) in [5, 5.41) is 19.0. The lowest BCUT2D eigenvalue weighted by Gasteiger charge is -2.31. The third-order valence-electron chi connectivity index (χ3n) is 4.23. The summed E-state index contributed by atoms with van der Waals surface area (Å²) in [6, 6.07) is 4.07. The van der Waals surface area contributed by atoms with E-state index in [-0.39, 0.29) is 29.9 Å². The molecule has 0 saturated carbocycles. The number of ketones is 1. The Morgan fingerprint density at radius 2 is 2.18 bits per heavy atom. The van der Waals surface area contributed by atoms with Gasteiger partial charge in [0, 0.05) is 6.42 Å². The van der Waals surface area contributed by atoms with E-state index in [1.807, 2.05) is 0 Å². The van der Waals surface area contributed by atoms with Crippen LogP contribution in [0.15, 0.2) is 29.8 Å². The number of carboxylic acid groups (broad SMARTS) is 1. The molecule has 0 aromatic heterocycles. The number of rotatable bonds is 2. The molecule has 6 heteroatoms. The van der Waals surface area contributed by atoms with Crippen molar-refractivity contribution in [3.05, 3.63) is 35.4 Å². The van der Waals surface area contributed by atoms with E-state index in [1.165, 1.54) is 18.2 Å². The zero-order valence-electron chi connectivity index (χ0n) is 11.6. The van der Waals surface area contributed by atoms with Crippen LogP contribution in [0.5, 0.6) is 11.5 Å². The molecule has 1 aliphatic heterocycles. The molecule has 2 unspecified atom stereocenters. The normalized spacial score (nSPS) is 26.8. The maximum atomic E-state index is 12.8. The summed E-state index contributed by atoms with van der Waals surface area (Å²) >= 11 is 0. The molecule has 1 heterocycles. The predicted octanol–water partition coefficient (Wildman–Crippen LogP) is 1.72. The molecule has 0 amide bonds. The van der Waals surface area contributed by atoms with Crippen LogP contribution < -0.4 is 4.74 Å². The second-order valence-electron chi connectivity index (χ2n) is 5.54. The first-order chi connectivity index (χ1) is 10.5. The number of phenols is 1. The van der Waals surface area contributed by atoms with Crippen LogP contribution in [0.1, 0.15) is 29.6 Å². The van der Waals surface area contributed by atoms with Gasteiger partial charge < -0.3 is 14.9 Å². The lowest BCUT2D eigenvalue weighted by molar-refractivity contribution is -0.147. The third kappa shape index (κ3) is 1.99. The van der Waals surface area contributed by atoms with Crippen LogP contribution in [0.2, 0.25) is 0 Å². The first kappa shape index (κ1) is 14.3. The van der Waals surface area contributed by atoms with Crippen molar-refractivity contribution in [2.75, 3.05) is 0 Å². The molecule has 0 radical (unpaired) electrons. The number of Topliss-reactive ketones (excluding diaryl/α,β-unsaturated/α-hetero) is 1. The number of allylic oxidation sites excluding steroid dienone is 1. The van der Waals surface area contributed by atoms with Crippen molar-refractivity contribution in [3.63, 3.8) is 0 Å². The van der Waals surface area contributed by atoms with Gasteiger partial charge >= 0.3 is 5.97 Å². The Balaban J connectivity index is 2.12. The van der Waals surface area contributed by atoms with Crippen LogP contribution >= 0.6 is 0 Å². The summed E-state index contributed by atoms with van der Waals surface area (Å²) in [7, 11) is 0. The van der Waals surface area contributed by atoms with Crippen molar-refractivity contribution in [1.82, 2.24) is 0 Å². The number of hydrogen-bond acceptors (Lipinski definition) is 5. The minimum atomic E-state index is -1.62. The van der Waals surface area contributed by atoms with E-state index in [2.05, 4.69) is 0 Å². The predicted molar refractivity (Wildman–Crippen MR) is 74.9 cm³/mol. The summed E-state index contributed by atoms with van der Waals surface area (Å²) in [6.07, 6.45) is 2.79. The molecule has 1 aliphatic carbocycles. The van der Waals surface area contributed by atoms with E-state index < -0.39 is 23.3 Å². The van der Waals surface area contributed by atoms with Gasteiger partial charge in [-0.05, 0) is 36.6 Å². The SMILES string of the molecule is O=CC1=CCCC(C(=O)O)C2(C1)Oc1ccc(O)cc1C2=O. The zero-order chi connectivity index (χ0) is 15.9. The number of carbonyl (C=O) groups excluding carboxylic acids is 2. The molecule has 2 atom stereocenters. The molecule has 2 N–H and O–H groups in total. The van der Waals surface area contributed by atoms with Gasteiger partial charge in [-0.3, -0.25) is 14.4 Å².